The first-order chi connectivity index (χ1) is 7.98. The maximum absolute atomic E-state index is 12.4. The van der Waals surface area contributed by atoms with Gasteiger partial charge in [0.2, 0.25) is 0 Å². The number of hydrogen-bond donors (Lipinski definition) is 0. The van der Waals surface area contributed by atoms with Crippen molar-refractivity contribution >= 4 is 12.0 Å². The molecule has 0 aliphatic carbocycles. The number of aldehydes is 1. The van der Waals surface area contributed by atoms with Crippen LogP contribution in [0.2, 0.25) is 0 Å². The van der Waals surface area contributed by atoms with Gasteiger partial charge in [0.1, 0.15) is 6.54 Å². The average molecular weight is 245 g/mol. The molecule has 0 heterocycles. The lowest BCUT2D eigenvalue weighted by Crippen LogP contribution is -2.35. The third-order valence-electron chi connectivity index (χ3n) is 2.27. The van der Waals surface area contributed by atoms with Gasteiger partial charge in [-0.05, 0) is 18.6 Å². The highest BCUT2D eigenvalue weighted by Gasteiger charge is 2.31. The normalized spacial score (nSPS) is 11.3. The Morgan fingerprint density at radius 1 is 1.29 bits per heavy atom. The van der Waals surface area contributed by atoms with E-state index in [-0.39, 0.29) is 12.1 Å². The molecule has 0 amide bonds. The molecule has 0 fully saturated rings. The summed E-state index contributed by atoms with van der Waals surface area (Å²) in [4.78, 5) is 12.0. The Balaban J connectivity index is 3.00. The molecule has 0 radical (unpaired) electrons. The van der Waals surface area contributed by atoms with Crippen LogP contribution in [0.5, 0.6) is 0 Å². The topological polar surface area (TPSA) is 20.3 Å². The van der Waals surface area contributed by atoms with Crippen LogP contribution in [0, 0.1) is 0 Å². The Morgan fingerprint density at radius 2 is 1.94 bits per heavy atom. The number of para-hydroxylation sites is 1. The Morgan fingerprint density at radius 3 is 2.47 bits per heavy atom. The molecule has 0 atom stereocenters. The number of halogens is 3. The number of hydrogen-bond acceptors (Lipinski definition) is 2. The molecule has 94 valence electrons. The van der Waals surface area contributed by atoms with Gasteiger partial charge in [-0.3, -0.25) is 4.79 Å². The summed E-state index contributed by atoms with van der Waals surface area (Å²) in [5.41, 5.74) is 0.617. The summed E-state index contributed by atoms with van der Waals surface area (Å²) in [5.74, 6) is 0. The first-order valence-electron chi connectivity index (χ1n) is 5.34. The van der Waals surface area contributed by atoms with Gasteiger partial charge < -0.3 is 4.90 Å². The van der Waals surface area contributed by atoms with Crippen LogP contribution in [0.15, 0.2) is 24.3 Å². The number of carbonyl (C=O) groups is 1. The predicted octanol–water partition coefficient (Wildman–Crippen LogP) is 3.28. The minimum Gasteiger partial charge on any atom is -0.362 e. The first-order valence-corrected chi connectivity index (χ1v) is 5.34. The molecule has 0 spiro atoms. The average Bonchev–Trinajstić information content (AvgIpc) is 2.27. The van der Waals surface area contributed by atoms with Gasteiger partial charge in [0.15, 0.2) is 6.29 Å². The predicted molar refractivity (Wildman–Crippen MR) is 60.4 cm³/mol. The minimum absolute atomic E-state index is 0.268. The Labute approximate surface area is 98.0 Å². The van der Waals surface area contributed by atoms with E-state index in [2.05, 4.69) is 0 Å². The third-order valence-corrected chi connectivity index (χ3v) is 2.27. The van der Waals surface area contributed by atoms with E-state index in [1.165, 1.54) is 17.0 Å². The molecule has 1 aromatic carbocycles. The number of rotatable bonds is 5. The monoisotopic (exact) mass is 245 g/mol. The van der Waals surface area contributed by atoms with E-state index < -0.39 is 12.7 Å². The summed E-state index contributed by atoms with van der Waals surface area (Å²) in [6.07, 6.45) is -3.11. The zero-order valence-electron chi connectivity index (χ0n) is 9.50. The van der Waals surface area contributed by atoms with Crippen molar-refractivity contribution in [3.63, 3.8) is 0 Å². The van der Waals surface area contributed by atoms with Gasteiger partial charge in [-0.15, -0.1) is 0 Å². The van der Waals surface area contributed by atoms with Crippen molar-refractivity contribution in [2.45, 2.75) is 19.5 Å². The lowest BCUT2D eigenvalue weighted by molar-refractivity contribution is -0.119. The summed E-state index contributed by atoms with van der Waals surface area (Å²) in [6, 6.07) is 6.30. The molecule has 0 saturated carbocycles. The van der Waals surface area contributed by atoms with Crippen LogP contribution in [0.1, 0.15) is 23.7 Å². The quantitative estimate of drug-likeness (QED) is 0.742. The fourth-order valence-electron chi connectivity index (χ4n) is 1.65. The number of alkyl halides is 3. The summed E-state index contributed by atoms with van der Waals surface area (Å²) in [7, 11) is 0. The molecule has 5 heteroatoms. The number of benzene rings is 1. The first kappa shape index (κ1) is 13.5. The molecule has 0 N–H and O–H groups in total. The van der Waals surface area contributed by atoms with Gasteiger partial charge in [0.25, 0.3) is 0 Å². The SMILES string of the molecule is CCCN(CC(F)(F)F)c1ccccc1C=O. The largest absolute Gasteiger partial charge is 0.405 e. The molecular weight excluding hydrogens is 231 g/mol. The molecule has 0 aliphatic rings. The summed E-state index contributed by atoms with van der Waals surface area (Å²) >= 11 is 0. The van der Waals surface area contributed by atoms with Crippen LogP contribution < -0.4 is 4.90 Å². The molecule has 0 bridgehead atoms. The molecule has 0 unspecified atom stereocenters. The highest BCUT2D eigenvalue weighted by Crippen LogP contribution is 2.24. The molecule has 0 aromatic heterocycles. The van der Waals surface area contributed by atoms with Crippen molar-refractivity contribution in [2.75, 3.05) is 18.0 Å². The van der Waals surface area contributed by atoms with E-state index >= 15 is 0 Å². The van der Waals surface area contributed by atoms with E-state index in [1.807, 2.05) is 0 Å². The van der Waals surface area contributed by atoms with Crippen molar-refractivity contribution in [2.24, 2.45) is 0 Å². The van der Waals surface area contributed by atoms with E-state index in [0.717, 1.165) is 0 Å². The standard InChI is InChI=1S/C12H14F3NO/c1-2-7-16(9-12(13,14)15)11-6-4-3-5-10(11)8-17/h3-6,8H,2,7,9H2,1H3. The van der Waals surface area contributed by atoms with Crippen LogP contribution in [0.25, 0.3) is 0 Å². The molecule has 1 aromatic rings. The number of carbonyl (C=O) groups excluding carboxylic acids is 1. The smallest absolute Gasteiger partial charge is 0.362 e. The van der Waals surface area contributed by atoms with Crippen molar-refractivity contribution in [3.8, 4) is 0 Å². The fourth-order valence-corrected chi connectivity index (χ4v) is 1.65. The summed E-state index contributed by atoms with van der Waals surface area (Å²) in [6.45, 7) is 1.03. The van der Waals surface area contributed by atoms with Crippen LogP contribution in [0.3, 0.4) is 0 Å². The van der Waals surface area contributed by atoms with Gasteiger partial charge >= 0.3 is 6.18 Å². The second-order valence-electron chi connectivity index (χ2n) is 3.71. The molecule has 17 heavy (non-hydrogen) atoms. The Hall–Kier alpha value is -1.52. The van der Waals surface area contributed by atoms with Crippen LogP contribution in [-0.4, -0.2) is 25.6 Å². The third kappa shape index (κ3) is 4.09. The molecular formula is C12H14F3NO. The minimum atomic E-state index is -4.27. The van der Waals surface area contributed by atoms with Gasteiger partial charge in [-0.25, -0.2) is 0 Å². The van der Waals surface area contributed by atoms with Crippen LogP contribution >= 0.6 is 0 Å². The molecule has 2 nitrogen and oxygen atoms in total. The van der Waals surface area contributed by atoms with Crippen LogP contribution in [-0.2, 0) is 0 Å². The fraction of sp³-hybridized carbons (Fsp3) is 0.417. The molecule has 0 saturated heterocycles. The lowest BCUT2D eigenvalue weighted by Gasteiger charge is -2.26. The maximum atomic E-state index is 12.4. The van der Waals surface area contributed by atoms with Crippen molar-refractivity contribution in [3.05, 3.63) is 29.8 Å². The van der Waals surface area contributed by atoms with Crippen molar-refractivity contribution in [1.82, 2.24) is 0 Å². The Kier molecular flexibility index (Phi) is 4.54. The summed E-state index contributed by atoms with van der Waals surface area (Å²) in [5, 5.41) is 0. The van der Waals surface area contributed by atoms with Crippen molar-refractivity contribution < 1.29 is 18.0 Å². The second-order valence-corrected chi connectivity index (χ2v) is 3.71. The lowest BCUT2D eigenvalue weighted by atomic mass is 10.1. The van der Waals surface area contributed by atoms with Gasteiger partial charge in [-0.2, -0.15) is 13.2 Å². The highest BCUT2D eigenvalue weighted by molar-refractivity contribution is 5.84. The van der Waals surface area contributed by atoms with E-state index in [1.54, 1.807) is 19.1 Å². The number of nitrogens with zero attached hydrogens (tertiary/aromatic N) is 1. The number of anilines is 1. The second kappa shape index (κ2) is 5.70. The zero-order chi connectivity index (χ0) is 12.9. The van der Waals surface area contributed by atoms with Crippen molar-refractivity contribution in [1.29, 1.82) is 0 Å². The van der Waals surface area contributed by atoms with Gasteiger partial charge in [0, 0.05) is 17.8 Å². The van der Waals surface area contributed by atoms with Gasteiger partial charge in [-0.1, -0.05) is 19.1 Å². The van der Waals surface area contributed by atoms with E-state index in [9.17, 15) is 18.0 Å². The van der Waals surface area contributed by atoms with E-state index in [4.69, 9.17) is 0 Å². The summed E-state index contributed by atoms with van der Waals surface area (Å²) < 4.78 is 37.3. The zero-order valence-corrected chi connectivity index (χ0v) is 9.50. The maximum Gasteiger partial charge on any atom is 0.405 e. The Bertz CT molecular complexity index is 376. The van der Waals surface area contributed by atoms with E-state index in [0.29, 0.717) is 18.4 Å². The van der Waals surface area contributed by atoms with Gasteiger partial charge in [0.05, 0.1) is 0 Å². The molecule has 0 aliphatic heterocycles. The van der Waals surface area contributed by atoms with Crippen LogP contribution in [0.4, 0.5) is 18.9 Å². The highest BCUT2D eigenvalue weighted by atomic mass is 19.4. The molecule has 1 rings (SSSR count).